The number of aliphatic hydroxyl groups excluding tert-OH is 4. The van der Waals surface area contributed by atoms with Crippen molar-refractivity contribution in [3.05, 3.63) is 12.2 Å². The van der Waals surface area contributed by atoms with E-state index in [1.807, 2.05) is 0 Å². The lowest BCUT2D eigenvalue weighted by molar-refractivity contribution is -0.298. The van der Waals surface area contributed by atoms with Gasteiger partial charge in [-0.25, -0.2) is 4.18 Å². The Balaban J connectivity index is 2.40. The van der Waals surface area contributed by atoms with E-state index in [1.54, 1.807) is 0 Å². The lowest BCUT2D eigenvalue weighted by Crippen LogP contribution is -2.61. The van der Waals surface area contributed by atoms with Gasteiger partial charge in [-0.15, -0.1) is 0 Å². The Morgan fingerprint density at radius 1 is 0.639 bits per heavy atom. The third-order valence-electron chi connectivity index (χ3n) is 12.1. The summed E-state index contributed by atoms with van der Waals surface area (Å²) in [5, 5.41) is 44.9. The van der Waals surface area contributed by atoms with E-state index in [9.17, 15) is 38.2 Å². The fourth-order valence-corrected chi connectivity index (χ4v) is 8.67. The molecular formula is C48H93NO11S. The standard InChI is InChI=1S/C48H93NO11S/c1-3-5-7-9-11-13-15-17-18-19-20-21-22-23-24-25-26-28-30-32-34-36-38-44(52)49-41(42(51)37-35-33-31-29-27-16-14-12-10-8-6-4-2)40-58-48-46(54)47(60-61(55,56)57)45(53)43(39-50)59-48/h22-23,41-43,45-48,50-51,53-54H,3-21,24-40H2,1-2H3,(H,49,52)(H,55,56,57)/b23-22-. The van der Waals surface area contributed by atoms with E-state index in [2.05, 4.69) is 35.5 Å². The highest BCUT2D eigenvalue weighted by atomic mass is 32.3. The summed E-state index contributed by atoms with van der Waals surface area (Å²) in [6, 6.07) is -0.856. The van der Waals surface area contributed by atoms with Crippen molar-refractivity contribution in [1.82, 2.24) is 5.32 Å². The van der Waals surface area contributed by atoms with Crippen LogP contribution in [0.4, 0.5) is 0 Å². The van der Waals surface area contributed by atoms with Crippen LogP contribution in [-0.4, -0.2) is 95.4 Å². The minimum Gasteiger partial charge on any atom is -0.394 e. The molecule has 6 N–H and O–H groups in total. The molecule has 1 aliphatic heterocycles. The molecule has 7 unspecified atom stereocenters. The Morgan fingerprint density at radius 2 is 1.05 bits per heavy atom. The van der Waals surface area contributed by atoms with E-state index in [4.69, 9.17) is 9.47 Å². The van der Waals surface area contributed by atoms with Crippen LogP contribution in [0.2, 0.25) is 0 Å². The fourth-order valence-electron chi connectivity index (χ4n) is 8.16. The Morgan fingerprint density at radius 3 is 1.48 bits per heavy atom. The lowest BCUT2D eigenvalue weighted by Gasteiger charge is -2.41. The average molecular weight is 892 g/mol. The quantitative estimate of drug-likeness (QED) is 0.0194. The SMILES string of the molecule is CCCCCCCCCCCCC/C=C\CCCCCCCCCC(=O)NC(COC1OC(CO)C(O)C(OS(=O)(=O)O)C1O)C(O)CCCCCCCCCCCCCC. The van der Waals surface area contributed by atoms with Gasteiger partial charge in [-0.3, -0.25) is 9.35 Å². The van der Waals surface area contributed by atoms with Gasteiger partial charge >= 0.3 is 10.4 Å². The number of carbonyl (C=O) groups excluding carboxylic acids is 1. The molecular weight excluding hydrogens is 799 g/mol. The number of allylic oxidation sites excluding steroid dienone is 2. The highest BCUT2D eigenvalue weighted by molar-refractivity contribution is 7.80. The summed E-state index contributed by atoms with van der Waals surface area (Å²) in [5.74, 6) is -0.233. The monoisotopic (exact) mass is 892 g/mol. The van der Waals surface area contributed by atoms with Crippen LogP contribution in [0.5, 0.6) is 0 Å². The molecule has 0 aromatic rings. The summed E-state index contributed by atoms with van der Waals surface area (Å²) < 4.78 is 47.7. The zero-order chi connectivity index (χ0) is 44.8. The number of rotatable bonds is 43. The maximum atomic E-state index is 13.1. The Hall–Kier alpha value is -1.16. The van der Waals surface area contributed by atoms with Crippen LogP contribution < -0.4 is 5.32 Å². The smallest absolute Gasteiger partial charge is 0.394 e. The Bertz CT molecular complexity index is 1140. The molecule has 0 aromatic carbocycles. The van der Waals surface area contributed by atoms with Crippen molar-refractivity contribution < 1.29 is 51.8 Å². The van der Waals surface area contributed by atoms with Crippen molar-refractivity contribution in [3.8, 4) is 0 Å². The third-order valence-corrected chi connectivity index (χ3v) is 12.5. The Kier molecular flexibility index (Phi) is 37.2. The highest BCUT2D eigenvalue weighted by Gasteiger charge is 2.48. The minimum absolute atomic E-state index is 0.233. The molecule has 0 spiro atoms. The molecule has 12 nitrogen and oxygen atoms in total. The molecule has 1 saturated heterocycles. The predicted octanol–water partition coefficient (Wildman–Crippen LogP) is 10.3. The second-order valence-corrected chi connectivity index (χ2v) is 18.8. The van der Waals surface area contributed by atoms with Crippen LogP contribution in [0.1, 0.15) is 232 Å². The number of carbonyl (C=O) groups is 1. The van der Waals surface area contributed by atoms with Crippen molar-refractivity contribution in [2.75, 3.05) is 13.2 Å². The van der Waals surface area contributed by atoms with Gasteiger partial charge in [-0.2, -0.15) is 8.42 Å². The summed E-state index contributed by atoms with van der Waals surface area (Å²) in [6.07, 6.45) is 35.0. The molecule has 1 amide bonds. The van der Waals surface area contributed by atoms with Gasteiger partial charge < -0.3 is 35.2 Å². The van der Waals surface area contributed by atoms with Crippen LogP contribution in [0.3, 0.4) is 0 Å². The van der Waals surface area contributed by atoms with Crippen molar-refractivity contribution in [2.45, 2.75) is 275 Å². The zero-order valence-electron chi connectivity index (χ0n) is 38.7. The topological polar surface area (TPSA) is 192 Å². The van der Waals surface area contributed by atoms with Crippen LogP contribution in [0.15, 0.2) is 12.2 Å². The third kappa shape index (κ3) is 32.2. The number of aliphatic hydroxyl groups is 4. The molecule has 362 valence electrons. The number of hydrogen-bond donors (Lipinski definition) is 6. The normalized spacial score (nSPS) is 20.7. The molecule has 1 fully saturated rings. The van der Waals surface area contributed by atoms with E-state index in [-0.39, 0.29) is 18.9 Å². The zero-order valence-corrected chi connectivity index (χ0v) is 39.6. The molecule has 0 saturated carbocycles. The van der Waals surface area contributed by atoms with Gasteiger partial charge in [0, 0.05) is 6.42 Å². The largest absolute Gasteiger partial charge is 0.397 e. The molecule has 0 aromatic heterocycles. The lowest BCUT2D eigenvalue weighted by atomic mass is 9.99. The first-order valence-electron chi connectivity index (χ1n) is 25.1. The molecule has 0 radical (unpaired) electrons. The number of nitrogens with one attached hydrogen (secondary N) is 1. The number of unbranched alkanes of at least 4 members (excludes halogenated alkanes) is 29. The number of hydrogen-bond acceptors (Lipinski definition) is 10. The summed E-state index contributed by atoms with van der Waals surface area (Å²) in [7, 11) is -5.07. The molecule has 0 bridgehead atoms. The summed E-state index contributed by atoms with van der Waals surface area (Å²) in [5.41, 5.74) is 0. The molecule has 7 atom stereocenters. The second-order valence-electron chi connectivity index (χ2n) is 17.8. The molecule has 13 heteroatoms. The maximum Gasteiger partial charge on any atom is 0.397 e. The van der Waals surface area contributed by atoms with Gasteiger partial charge in [-0.05, 0) is 38.5 Å². The van der Waals surface area contributed by atoms with E-state index >= 15 is 0 Å². The van der Waals surface area contributed by atoms with Gasteiger partial charge in [-0.1, -0.05) is 199 Å². The van der Waals surface area contributed by atoms with Crippen molar-refractivity contribution in [3.63, 3.8) is 0 Å². The Labute approximate surface area is 372 Å². The molecule has 1 rings (SSSR count). The van der Waals surface area contributed by atoms with E-state index in [0.29, 0.717) is 12.8 Å². The van der Waals surface area contributed by atoms with Gasteiger partial charge in [0.05, 0.1) is 25.4 Å². The van der Waals surface area contributed by atoms with E-state index in [0.717, 1.165) is 51.4 Å². The van der Waals surface area contributed by atoms with Gasteiger partial charge in [0.2, 0.25) is 5.91 Å². The van der Waals surface area contributed by atoms with Gasteiger partial charge in [0.1, 0.15) is 24.4 Å². The highest BCUT2D eigenvalue weighted by Crippen LogP contribution is 2.26. The average Bonchev–Trinajstić information content (AvgIpc) is 3.23. The molecule has 1 heterocycles. The van der Waals surface area contributed by atoms with Crippen molar-refractivity contribution in [1.29, 1.82) is 0 Å². The predicted molar refractivity (Wildman–Crippen MR) is 246 cm³/mol. The first-order chi connectivity index (χ1) is 29.5. The van der Waals surface area contributed by atoms with Gasteiger partial charge in [0.25, 0.3) is 0 Å². The van der Waals surface area contributed by atoms with E-state index in [1.165, 1.54) is 148 Å². The fraction of sp³-hybridized carbons (Fsp3) is 0.938. The summed E-state index contributed by atoms with van der Waals surface area (Å²) in [4.78, 5) is 13.1. The van der Waals surface area contributed by atoms with Crippen LogP contribution >= 0.6 is 0 Å². The summed E-state index contributed by atoms with van der Waals surface area (Å²) >= 11 is 0. The van der Waals surface area contributed by atoms with Crippen molar-refractivity contribution >= 4 is 16.3 Å². The second kappa shape index (κ2) is 39.2. The van der Waals surface area contributed by atoms with Crippen molar-refractivity contribution in [2.24, 2.45) is 0 Å². The van der Waals surface area contributed by atoms with E-state index < -0.39 is 59.9 Å². The van der Waals surface area contributed by atoms with Crippen LogP contribution in [0.25, 0.3) is 0 Å². The van der Waals surface area contributed by atoms with Crippen LogP contribution in [-0.2, 0) is 28.9 Å². The number of ether oxygens (including phenoxy) is 2. The summed E-state index contributed by atoms with van der Waals surface area (Å²) in [6.45, 7) is 3.45. The minimum atomic E-state index is -5.07. The molecule has 1 aliphatic rings. The maximum absolute atomic E-state index is 13.1. The number of amides is 1. The van der Waals surface area contributed by atoms with Crippen LogP contribution in [0, 0.1) is 0 Å². The molecule has 0 aliphatic carbocycles. The first-order valence-corrected chi connectivity index (χ1v) is 26.4. The first kappa shape index (κ1) is 57.9. The molecule has 61 heavy (non-hydrogen) atoms. The van der Waals surface area contributed by atoms with Gasteiger partial charge in [0.15, 0.2) is 6.29 Å².